The predicted octanol–water partition coefficient (Wildman–Crippen LogP) is 1.72. The van der Waals surface area contributed by atoms with Gasteiger partial charge >= 0.3 is 0 Å². The molecule has 1 amide bonds. The molecule has 0 fully saturated rings. The van der Waals surface area contributed by atoms with Crippen LogP contribution in [-0.4, -0.2) is 20.7 Å². The smallest absolute Gasteiger partial charge is 0.259 e. The second-order valence-electron chi connectivity index (χ2n) is 3.84. The Labute approximate surface area is 112 Å². The van der Waals surface area contributed by atoms with E-state index in [4.69, 9.17) is 5.73 Å². The summed E-state index contributed by atoms with van der Waals surface area (Å²) in [5, 5.41) is 6.90. The minimum Gasteiger partial charge on any atom is -0.383 e. The molecule has 0 aliphatic rings. The van der Waals surface area contributed by atoms with Crippen molar-refractivity contribution in [2.45, 2.75) is 6.92 Å². The van der Waals surface area contributed by atoms with Gasteiger partial charge in [-0.3, -0.25) is 9.48 Å². The van der Waals surface area contributed by atoms with Crippen molar-refractivity contribution < 1.29 is 4.79 Å². The van der Waals surface area contributed by atoms with Crippen LogP contribution in [0, 0.1) is 6.92 Å². The van der Waals surface area contributed by atoms with Gasteiger partial charge in [-0.05, 0) is 28.9 Å². The molecule has 2 aromatic rings. The van der Waals surface area contributed by atoms with Gasteiger partial charge in [0.15, 0.2) is 0 Å². The van der Waals surface area contributed by atoms with E-state index in [9.17, 15) is 4.79 Å². The summed E-state index contributed by atoms with van der Waals surface area (Å²) in [6, 6.07) is 1.63. The second kappa shape index (κ2) is 4.77. The number of nitrogens with two attached hydrogens (primary N) is 1. The molecule has 0 saturated carbocycles. The minimum absolute atomic E-state index is 0.192. The number of carbonyl (C=O) groups excluding carboxylic acids is 1. The summed E-state index contributed by atoms with van der Waals surface area (Å²) in [6.45, 7) is 1.82. The zero-order valence-corrected chi connectivity index (χ0v) is 11.5. The molecule has 2 heterocycles. The summed E-state index contributed by atoms with van der Waals surface area (Å²) < 4.78 is 2.33. The van der Waals surface area contributed by atoms with Crippen LogP contribution in [0.1, 0.15) is 16.1 Å². The standard InChI is InChI=1S/C11H12BrN5O/c1-6-9(5-17(2)16-6)15-11(18)8-3-7(12)4-14-10(8)13/h3-5H,1-2H3,(H2,13,14)(H,15,18). The third kappa shape index (κ3) is 2.51. The van der Waals surface area contributed by atoms with Crippen molar-refractivity contribution in [1.29, 1.82) is 0 Å². The number of amides is 1. The molecule has 6 nitrogen and oxygen atoms in total. The van der Waals surface area contributed by atoms with Crippen LogP contribution in [0.25, 0.3) is 0 Å². The molecular formula is C11H12BrN5O. The highest BCUT2D eigenvalue weighted by molar-refractivity contribution is 9.10. The van der Waals surface area contributed by atoms with Crippen LogP contribution < -0.4 is 11.1 Å². The van der Waals surface area contributed by atoms with Gasteiger partial charge in [0.25, 0.3) is 5.91 Å². The molecule has 2 rings (SSSR count). The van der Waals surface area contributed by atoms with Crippen molar-refractivity contribution in [3.8, 4) is 0 Å². The number of hydrogen-bond donors (Lipinski definition) is 2. The highest BCUT2D eigenvalue weighted by atomic mass is 79.9. The molecule has 3 N–H and O–H groups in total. The summed E-state index contributed by atoms with van der Waals surface area (Å²) in [7, 11) is 1.79. The van der Waals surface area contributed by atoms with Crippen LogP contribution in [0.15, 0.2) is 22.9 Å². The Bertz CT molecular complexity index is 607. The van der Waals surface area contributed by atoms with Gasteiger partial charge in [-0.1, -0.05) is 0 Å². The number of rotatable bonds is 2. The summed E-state index contributed by atoms with van der Waals surface area (Å²) in [4.78, 5) is 16.0. The zero-order chi connectivity index (χ0) is 13.3. The number of aryl methyl sites for hydroxylation is 2. The molecular weight excluding hydrogens is 298 g/mol. The van der Waals surface area contributed by atoms with E-state index in [0.717, 1.165) is 5.69 Å². The number of hydrogen-bond acceptors (Lipinski definition) is 4. The number of nitrogens with zero attached hydrogens (tertiary/aromatic N) is 3. The van der Waals surface area contributed by atoms with E-state index in [-0.39, 0.29) is 11.7 Å². The molecule has 0 aromatic carbocycles. The Balaban J connectivity index is 2.27. The topological polar surface area (TPSA) is 85.8 Å². The molecule has 7 heteroatoms. The molecule has 0 aliphatic heterocycles. The van der Waals surface area contributed by atoms with Crippen LogP contribution >= 0.6 is 15.9 Å². The molecule has 0 saturated heterocycles. The molecule has 0 bridgehead atoms. The Morgan fingerprint density at radius 1 is 1.56 bits per heavy atom. The van der Waals surface area contributed by atoms with E-state index in [1.54, 1.807) is 30.2 Å². The second-order valence-corrected chi connectivity index (χ2v) is 4.76. The SMILES string of the molecule is Cc1nn(C)cc1NC(=O)c1cc(Br)cnc1N. The lowest BCUT2D eigenvalue weighted by molar-refractivity contribution is 0.102. The first-order chi connectivity index (χ1) is 8.47. The first kappa shape index (κ1) is 12.6. The predicted molar refractivity (Wildman–Crippen MR) is 72.2 cm³/mol. The number of aromatic nitrogens is 3. The van der Waals surface area contributed by atoms with E-state index >= 15 is 0 Å². The molecule has 0 atom stereocenters. The van der Waals surface area contributed by atoms with Gasteiger partial charge < -0.3 is 11.1 Å². The summed E-state index contributed by atoms with van der Waals surface area (Å²) in [6.07, 6.45) is 3.27. The van der Waals surface area contributed by atoms with E-state index < -0.39 is 0 Å². The van der Waals surface area contributed by atoms with Crippen molar-refractivity contribution in [1.82, 2.24) is 14.8 Å². The maximum absolute atomic E-state index is 12.1. The van der Waals surface area contributed by atoms with Gasteiger partial charge in [-0.2, -0.15) is 5.10 Å². The van der Waals surface area contributed by atoms with Gasteiger partial charge in [0.1, 0.15) is 5.82 Å². The highest BCUT2D eigenvalue weighted by Gasteiger charge is 2.13. The van der Waals surface area contributed by atoms with Crippen LogP contribution in [0.4, 0.5) is 11.5 Å². The monoisotopic (exact) mass is 309 g/mol. The summed E-state index contributed by atoms with van der Waals surface area (Å²) >= 11 is 3.25. The number of halogens is 1. The van der Waals surface area contributed by atoms with Crippen LogP contribution in [0.2, 0.25) is 0 Å². The number of nitrogen functional groups attached to an aromatic ring is 1. The van der Waals surface area contributed by atoms with Crippen LogP contribution in [-0.2, 0) is 7.05 Å². The fourth-order valence-corrected chi connectivity index (χ4v) is 1.87. The zero-order valence-electron chi connectivity index (χ0n) is 9.94. The summed E-state index contributed by atoms with van der Waals surface area (Å²) in [5.41, 5.74) is 7.40. The van der Waals surface area contributed by atoms with E-state index in [2.05, 4.69) is 31.3 Å². The van der Waals surface area contributed by atoms with Crippen molar-refractivity contribution >= 4 is 33.3 Å². The normalized spacial score (nSPS) is 10.4. The molecule has 0 radical (unpaired) electrons. The third-order valence-corrected chi connectivity index (χ3v) is 2.83. The third-order valence-electron chi connectivity index (χ3n) is 2.39. The fraction of sp³-hybridized carbons (Fsp3) is 0.182. The maximum atomic E-state index is 12.1. The average molecular weight is 310 g/mol. The van der Waals surface area contributed by atoms with E-state index in [1.807, 2.05) is 6.92 Å². The van der Waals surface area contributed by atoms with E-state index in [0.29, 0.717) is 15.7 Å². The first-order valence-electron chi connectivity index (χ1n) is 5.20. The first-order valence-corrected chi connectivity index (χ1v) is 5.99. The Hall–Kier alpha value is -1.89. The lowest BCUT2D eigenvalue weighted by Crippen LogP contribution is -2.15. The highest BCUT2D eigenvalue weighted by Crippen LogP contribution is 2.18. The van der Waals surface area contributed by atoms with Crippen molar-refractivity contribution in [2.24, 2.45) is 7.05 Å². The van der Waals surface area contributed by atoms with Crippen LogP contribution in [0.3, 0.4) is 0 Å². The molecule has 18 heavy (non-hydrogen) atoms. The Morgan fingerprint density at radius 2 is 2.28 bits per heavy atom. The molecule has 0 aliphatic carbocycles. The Kier molecular flexibility index (Phi) is 3.33. The quantitative estimate of drug-likeness (QED) is 0.884. The number of carbonyl (C=O) groups is 1. The van der Waals surface area contributed by atoms with Crippen LogP contribution in [0.5, 0.6) is 0 Å². The molecule has 94 valence electrons. The lowest BCUT2D eigenvalue weighted by atomic mass is 10.2. The summed E-state index contributed by atoms with van der Waals surface area (Å²) in [5.74, 6) is -0.116. The van der Waals surface area contributed by atoms with Gasteiger partial charge in [0, 0.05) is 23.9 Å². The van der Waals surface area contributed by atoms with Crippen molar-refractivity contribution in [3.63, 3.8) is 0 Å². The maximum Gasteiger partial charge on any atom is 0.259 e. The number of nitrogens with one attached hydrogen (secondary N) is 1. The number of anilines is 2. The molecule has 0 unspecified atom stereocenters. The molecule has 0 spiro atoms. The minimum atomic E-state index is -0.308. The molecule has 2 aromatic heterocycles. The Morgan fingerprint density at radius 3 is 2.89 bits per heavy atom. The van der Waals surface area contributed by atoms with Gasteiger partial charge in [-0.25, -0.2) is 4.98 Å². The lowest BCUT2D eigenvalue weighted by Gasteiger charge is -2.06. The van der Waals surface area contributed by atoms with Crippen molar-refractivity contribution in [2.75, 3.05) is 11.1 Å². The average Bonchev–Trinajstić information content (AvgIpc) is 2.61. The van der Waals surface area contributed by atoms with Gasteiger partial charge in [0.05, 0.1) is 16.9 Å². The fourth-order valence-electron chi connectivity index (χ4n) is 1.54. The van der Waals surface area contributed by atoms with Crippen molar-refractivity contribution in [3.05, 3.63) is 34.2 Å². The largest absolute Gasteiger partial charge is 0.383 e. The number of pyridine rings is 1. The van der Waals surface area contributed by atoms with Gasteiger partial charge in [0.2, 0.25) is 0 Å². The van der Waals surface area contributed by atoms with E-state index in [1.165, 1.54) is 0 Å². The van der Waals surface area contributed by atoms with Gasteiger partial charge in [-0.15, -0.1) is 0 Å².